The zero-order valence-corrected chi connectivity index (χ0v) is 13.4. The molecule has 5 nitrogen and oxygen atoms in total. The highest BCUT2D eigenvalue weighted by molar-refractivity contribution is 5.95. The summed E-state index contributed by atoms with van der Waals surface area (Å²) in [6.07, 6.45) is 1.16. The number of ether oxygens (including phenoxy) is 1. The quantitative estimate of drug-likeness (QED) is 0.878. The minimum Gasteiger partial charge on any atom is -0.376 e. The van der Waals surface area contributed by atoms with Crippen LogP contribution in [0, 0.1) is 11.8 Å². The van der Waals surface area contributed by atoms with Crippen molar-refractivity contribution in [1.29, 1.82) is 0 Å². The molecule has 1 aliphatic rings. The van der Waals surface area contributed by atoms with E-state index in [1.54, 1.807) is 24.3 Å². The maximum atomic E-state index is 12.2. The highest BCUT2D eigenvalue weighted by Gasteiger charge is 2.30. The van der Waals surface area contributed by atoms with Gasteiger partial charge >= 0.3 is 0 Å². The summed E-state index contributed by atoms with van der Waals surface area (Å²) in [5.74, 6) is 0.812. The van der Waals surface area contributed by atoms with Crippen molar-refractivity contribution in [1.82, 2.24) is 5.32 Å². The minimum absolute atomic E-state index is 0.0996. The second-order valence-electron chi connectivity index (χ2n) is 6.07. The SMILES string of the molecule is CC(=O)Nc1ccc(C(=O)NC[C@H]2OCC[C@H]2C(C)C)cc1. The number of benzene rings is 1. The molecule has 2 N–H and O–H groups in total. The number of anilines is 1. The van der Waals surface area contributed by atoms with Gasteiger partial charge < -0.3 is 15.4 Å². The van der Waals surface area contributed by atoms with Crippen LogP contribution in [0.3, 0.4) is 0 Å². The van der Waals surface area contributed by atoms with E-state index >= 15 is 0 Å². The number of hydrogen-bond donors (Lipinski definition) is 2. The molecule has 5 heteroatoms. The smallest absolute Gasteiger partial charge is 0.251 e. The van der Waals surface area contributed by atoms with E-state index in [2.05, 4.69) is 24.5 Å². The van der Waals surface area contributed by atoms with Gasteiger partial charge in [-0.15, -0.1) is 0 Å². The number of carbonyl (C=O) groups is 2. The third-order valence-electron chi connectivity index (χ3n) is 4.05. The van der Waals surface area contributed by atoms with Crippen LogP contribution in [0.15, 0.2) is 24.3 Å². The van der Waals surface area contributed by atoms with Gasteiger partial charge in [-0.3, -0.25) is 9.59 Å². The van der Waals surface area contributed by atoms with Crippen LogP contribution in [-0.4, -0.2) is 31.1 Å². The van der Waals surface area contributed by atoms with Crippen molar-refractivity contribution in [3.05, 3.63) is 29.8 Å². The lowest BCUT2D eigenvalue weighted by Gasteiger charge is -2.22. The first-order chi connectivity index (χ1) is 10.5. The summed E-state index contributed by atoms with van der Waals surface area (Å²) in [7, 11) is 0. The first-order valence-electron chi connectivity index (χ1n) is 7.75. The van der Waals surface area contributed by atoms with Gasteiger partial charge in [0.2, 0.25) is 5.91 Å². The highest BCUT2D eigenvalue weighted by atomic mass is 16.5. The summed E-state index contributed by atoms with van der Waals surface area (Å²) < 4.78 is 5.71. The van der Waals surface area contributed by atoms with Crippen LogP contribution >= 0.6 is 0 Å². The van der Waals surface area contributed by atoms with Crippen LogP contribution in [0.1, 0.15) is 37.6 Å². The largest absolute Gasteiger partial charge is 0.376 e. The molecule has 2 amide bonds. The van der Waals surface area contributed by atoms with Crippen molar-refractivity contribution in [2.24, 2.45) is 11.8 Å². The molecule has 2 rings (SSSR count). The molecule has 1 fully saturated rings. The Balaban J connectivity index is 1.88. The van der Waals surface area contributed by atoms with Gasteiger partial charge in [-0.05, 0) is 42.5 Å². The Hall–Kier alpha value is -1.88. The summed E-state index contributed by atoms with van der Waals surface area (Å²) in [6.45, 7) is 7.14. The third kappa shape index (κ3) is 4.31. The van der Waals surface area contributed by atoms with Crippen LogP contribution in [0.5, 0.6) is 0 Å². The number of carbonyl (C=O) groups excluding carboxylic acids is 2. The van der Waals surface area contributed by atoms with Crippen molar-refractivity contribution in [2.75, 3.05) is 18.5 Å². The Morgan fingerprint density at radius 3 is 2.55 bits per heavy atom. The molecule has 0 aliphatic carbocycles. The summed E-state index contributed by atoms with van der Waals surface area (Å²) >= 11 is 0. The average Bonchev–Trinajstić information content (AvgIpc) is 2.93. The second kappa shape index (κ2) is 7.40. The van der Waals surface area contributed by atoms with Crippen LogP contribution in [0.4, 0.5) is 5.69 Å². The van der Waals surface area contributed by atoms with E-state index < -0.39 is 0 Å². The number of rotatable bonds is 5. The van der Waals surface area contributed by atoms with Crippen molar-refractivity contribution in [3.63, 3.8) is 0 Å². The van der Waals surface area contributed by atoms with E-state index in [0.29, 0.717) is 29.6 Å². The maximum Gasteiger partial charge on any atom is 0.251 e. The number of amides is 2. The lowest BCUT2D eigenvalue weighted by Crippen LogP contribution is -2.36. The number of hydrogen-bond acceptors (Lipinski definition) is 3. The number of nitrogens with one attached hydrogen (secondary N) is 2. The minimum atomic E-state index is -0.129. The molecule has 0 bridgehead atoms. The van der Waals surface area contributed by atoms with Gasteiger partial charge in [0, 0.05) is 31.3 Å². The molecule has 1 aliphatic heterocycles. The monoisotopic (exact) mass is 304 g/mol. The Bertz CT molecular complexity index is 525. The van der Waals surface area contributed by atoms with Gasteiger partial charge in [0.1, 0.15) is 0 Å². The molecule has 2 atom stereocenters. The van der Waals surface area contributed by atoms with Crippen LogP contribution < -0.4 is 10.6 Å². The molecule has 120 valence electrons. The van der Waals surface area contributed by atoms with Crippen molar-refractivity contribution in [3.8, 4) is 0 Å². The molecular weight excluding hydrogens is 280 g/mol. The Labute approximate surface area is 131 Å². The first kappa shape index (κ1) is 16.5. The zero-order valence-electron chi connectivity index (χ0n) is 13.4. The predicted molar refractivity (Wildman–Crippen MR) is 85.8 cm³/mol. The fraction of sp³-hybridized carbons (Fsp3) is 0.529. The molecule has 1 saturated heterocycles. The van der Waals surface area contributed by atoms with E-state index in [9.17, 15) is 9.59 Å². The molecule has 1 aromatic rings. The van der Waals surface area contributed by atoms with E-state index in [-0.39, 0.29) is 17.9 Å². The van der Waals surface area contributed by atoms with Crippen molar-refractivity contribution >= 4 is 17.5 Å². The molecule has 22 heavy (non-hydrogen) atoms. The molecular formula is C17H24N2O3. The summed E-state index contributed by atoms with van der Waals surface area (Å²) in [5, 5.41) is 5.61. The lowest BCUT2D eigenvalue weighted by molar-refractivity contribution is -0.114. The molecule has 0 radical (unpaired) electrons. The van der Waals surface area contributed by atoms with Crippen LogP contribution in [0.25, 0.3) is 0 Å². The first-order valence-corrected chi connectivity index (χ1v) is 7.75. The van der Waals surface area contributed by atoms with Gasteiger partial charge in [-0.2, -0.15) is 0 Å². The molecule has 0 spiro atoms. The van der Waals surface area contributed by atoms with E-state index in [0.717, 1.165) is 13.0 Å². The summed E-state index contributed by atoms with van der Waals surface area (Å²) in [5.41, 5.74) is 1.26. The lowest BCUT2D eigenvalue weighted by atomic mass is 9.89. The van der Waals surface area contributed by atoms with Crippen LogP contribution in [-0.2, 0) is 9.53 Å². The average molecular weight is 304 g/mol. The fourth-order valence-electron chi connectivity index (χ4n) is 2.84. The maximum absolute atomic E-state index is 12.2. The summed E-state index contributed by atoms with van der Waals surface area (Å²) in [6, 6.07) is 6.85. The predicted octanol–water partition coefficient (Wildman–Crippen LogP) is 2.44. The molecule has 1 heterocycles. The molecule has 0 unspecified atom stereocenters. The van der Waals surface area contributed by atoms with E-state index in [1.165, 1.54) is 6.92 Å². The van der Waals surface area contributed by atoms with Gasteiger partial charge in [0.25, 0.3) is 5.91 Å². The molecule has 0 saturated carbocycles. The van der Waals surface area contributed by atoms with E-state index in [1.807, 2.05) is 0 Å². The second-order valence-corrected chi connectivity index (χ2v) is 6.07. The van der Waals surface area contributed by atoms with Crippen molar-refractivity contribution < 1.29 is 14.3 Å². The Morgan fingerprint density at radius 2 is 1.95 bits per heavy atom. The topological polar surface area (TPSA) is 67.4 Å². The van der Waals surface area contributed by atoms with Crippen LogP contribution in [0.2, 0.25) is 0 Å². The van der Waals surface area contributed by atoms with Crippen molar-refractivity contribution in [2.45, 2.75) is 33.3 Å². The standard InChI is InChI=1S/C17H24N2O3/c1-11(2)15-8-9-22-16(15)10-18-17(21)13-4-6-14(7-5-13)19-12(3)20/h4-7,11,15-16H,8-10H2,1-3H3,(H,18,21)(H,19,20)/t15-,16+/m0/s1. The zero-order chi connectivity index (χ0) is 16.1. The fourth-order valence-corrected chi connectivity index (χ4v) is 2.84. The Kier molecular flexibility index (Phi) is 5.55. The molecule has 1 aromatic carbocycles. The third-order valence-corrected chi connectivity index (χ3v) is 4.05. The normalized spacial score (nSPS) is 20.9. The van der Waals surface area contributed by atoms with Gasteiger partial charge in [0.05, 0.1) is 6.10 Å². The molecule has 0 aromatic heterocycles. The summed E-state index contributed by atoms with van der Waals surface area (Å²) in [4.78, 5) is 23.1. The Morgan fingerprint density at radius 1 is 1.27 bits per heavy atom. The highest BCUT2D eigenvalue weighted by Crippen LogP contribution is 2.27. The van der Waals surface area contributed by atoms with Gasteiger partial charge in [-0.1, -0.05) is 13.8 Å². The van der Waals surface area contributed by atoms with Gasteiger partial charge in [-0.25, -0.2) is 0 Å². The van der Waals surface area contributed by atoms with E-state index in [4.69, 9.17) is 4.74 Å². The van der Waals surface area contributed by atoms with Gasteiger partial charge in [0.15, 0.2) is 0 Å².